The second-order valence-corrected chi connectivity index (χ2v) is 12.1. The van der Waals surface area contributed by atoms with Crippen molar-refractivity contribution in [2.75, 3.05) is 64.0 Å². The zero-order chi connectivity index (χ0) is 20.5. The minimum atomic E-state index is -3.72. The van der Waals surface area contributed by atoms with E-state index >= 15 is 0 Å². The fraction of sp³-hybridized carbons (Fsp3) is 1.00. The second-order valence-electron chi connectivity index (χ2n) is 4.20. The van der Waals surface area contributed by atoms with Gasteiger partial charge >= 0.3 is 27.1 Å². The third-order valence-corrected chi connectivity index (χ3v) is 10.0. The lowest BCUT2D eigenvalue weighted by Gasteiger charge is -2.41. The maximum Gasteiger partial charge on any atom is 0.682 e. The van der Waals surface area contributed by atoms with E-state index < -0.39 is 32.7 Å². The van der Waals surface area contributed by atoms with Crippen LogP contribution in [0.2, 0.25) is 0 Å². The third-order valence-electron chi connectivity index (χ3n) is 3.03. The molecule has 26 heavy (non-hydrogen) atoms. The Labute approximate surface area is 160 Å². The lowest BCUT2D eigenvalue weighted by molar-refractivity contribution is -0.282. The van der Waals surface area contributed by atoms with Gasteiger partial charge in [-0.25, -0.2) is 0 Å². The van der Waals surface area contributed by atoms with Crippen molar-refractivity contribution < 1.29 is 53.1 Å². The van der Waals surface area contributed by atoms with Crippen molar-refractivity contribution >= 4 is 37.4 Å². The summed E-state index contributed by atoms with van der Waals surface area (Å²) in [5.74, 6) is 0. The Hall–Kier alpha value is 0.388. The minimum Gasteiger partial charge on any atom is -0.354 e. The van der Waals surface area contributed by atoms with Gasteiger partial charge in [0.15, 0.2) is 10.2 Å². The van der Waals surface area contributed by atoms with Crippen molar-refractivity contribution in [3.63, 3.8) is 0 Å². The van der Waals surface area contributed by atoms with E-state index in [9.17, 15) is 0 Å². The molecule has 0 saturated heterocycles. The van der Waals surface area contributed by atoms with Gasteiger partial charge in [-0.3, -0.25) is 0 Å². The van der Waals surface area contributed by atoms with Crippen molar-refractivity contribution in [2.45, 2.75) is 5.60 Å². The number of hydrogen-bond acceptors (Lipinski definition) is 12. The van der Waals surface area contributed by atoms with Crippen molar-refractivity contribution in [3.8, 4) is 0 Å². The van der Waals surface area contributed by atoms with Gasteiger partial charge in [0.2, 0.25) is 5.60 Å². The summed E-state index contributed by atoms with van der Waals surface area (Å²) in [6.45, 7) is 0. The molecule has 0 aliphatic heterocycles. The molecule has 0 N–H and O–H groups in total. The molecule has 0 unspecified atom stereocenters. The molecule has 0 rings (SSSR count). The van der Waals surface area contributed by atoms with Crippen molar-refractivity contribution in [1.82, 2.24) is 0 Å². The minimum absolute atomic E-state index is 1.33. The normalized spacial score (nSPS) is 14.1. The Kier molecular flexibility index (Phi) is 11.6. The van der Waals surface area contributed by atoms with Crippen LogP contribution < -0.4 is 0 Å². The smallest absolute Gasteiger partial charge is 0.354 e. The molecule has 0 amide bonds. The van der Waals surface area contributed by atoms with Crippen molar-refractivity contribution in [3.05, 3.63) is 0 Å². The Balaban J connectivity index is 5.99. The zero-order valence-electron chi connectivity index (χ0n) is 16.4. The molecule has 0 saturated carbocycles. The van der Waals surface area contributed by atoms with Gasteiger partial charge in [-0.15, -0.1) is 0 Å². The molecular formula is C10H27O12Si4. The van der Waals surface area contributed by atoms with E-state index in [1.165, 1.54) is 64.0 Å². The fourth-order valence-electron chi connectivity index (χ4n) is 1.68. The first-order valence-electron chi connectivity index (χ1n) is 6.99. The monoisotopic (exact) mass is 451 g/mol. The first-order valence-corrected chi connectivity index (χ1v) is 12.4. The summed E-state index contributed by atoms with van der Waals surface area (Å²) >= 11 is 0. The summed E-state index contributed by atoms with van der Waals surface area (Å²) in [6.07, 6.45) is 0. The summed E-state index contributed by atoms with van der Waals surface area (Å²) in [5.41, 5.74) is -2.17. The second kappa shape index (κ2) is 11.4. The highest BCUT2D eigenvalue weighted by atomic mass is 28.4. The van der Waals surface area contributed by atoms with Gasteiger partial charge in [-0.05, 0) is 0 Å². The molecule has 0 aromatic carbocycles. The van der Waals surface area contributed by atoms with Crippen LogP contribution in [0.4, 0.5) is 0 Å². The van der Waals surface area contributed by atoms with Gasteiger partial charge in [0.1, 0.15) is 0 Å². The number of hydrogen-bond donors (Lipinski definition) is 0. The Morgan fingerprint density at radius 3 is 0.692 bits per heavy atom. The SMILES string of the molecule is CO[Si](OC)(OC)OC([Si])(O[Si](OC)(OC)OC)O[Si](OC)(OC)OC. The molecule has 155 valence electrons. The van der Waals surface area contributed by atoms with Crippen LogP contribution in [0.15, 0.2) is 0 Å². The van der Waals surface area contributed by atoms with Crippen LogP contribution in [0.3, 0.4) is 0 Å². The van der Waals surface area contributed by atoms with E-state index in [-0.39, 0.29) is 0 Å². The first-order chi connectivity index (χ1) is 12.2. The van der Waals surface area contributed by atoms with Crippen LogP contribution in [0, 0.1) is 0 Å². The van der Waals surface area contributed by atoms with E-state index in [2.05, 4.69) is 10.2 Å². The van der Waals surface area contributed by atoms with E-state index in [4.69, 9.17) is 53.1 Å². The average molecular weight is 452 g/mol. The van der Waals surface area contributed by atoms with Crippen LogP contribution in [0.25, 0.3) is 0 Å². The van der Waals surface area contributed by atoms with Gasteiger partial charge in [0.05, 0.1) is 0 Å². The van der Waals surface area contributed by atoms with Gasteiger partial charge in [-0.2, -0.15) is 0 Å². The molecule has 0 aliphatic carbocycles. The first kappa shape index (κ1) is 26.4. The molecule has 0 heterocycles. The van der Waals surface area contributed by atoms with Gasteiger partial charge in [0, 0.05) is 64.0 Å². The average Bonchev–Trinajstić information content (AvgIpc) is 2.69. The highest BCUT2D eigenvalue weighted by Crippen LogP contribution is 2.29. The molecule has 0 spiro atoms. The number of rotatable bonds is 15. The highest BCUT2D eigenvalue weighted by molar-refractivity contribution is 6.57. The maximum absolute atomic E-state index is 5.73. The molecule has 0 fully saturated rings. The zero-order valence-corrected chi connectivity index (χ0v) is 20.4. The summed E-state index contributed by atoms with van der Waals surface area (Å²) in [4.78, 5) is 0. The Morgan fingerprint density at radius 2 is 0.577 bits per heavy atom. The lowest BCUT2D eigenvalue weighted by Crippen LogP contribution is -2.66. The van der Waals surface area contributed by atoms with E-state index in [0.29, 0.717) is 0 Å². The van der Waals surface area contributed by atoms with E-state index in [1.54, 1.807) is 0 Å². The Bertz CT molecular complexity index is 310. The Morgan fingerprint density at radius 1 is 0.423 bits per heavy atom. The summed E-state index contributed by atoms with van der Waals surface area (Å²) < 4.78 is 64.2. The molecule has 0 aromatic rings. The van der Waals surface area contributed by atoms with Crippen LogP contribution in [-0.4, -0.2) is 107 Å². The molecule has 12 nitrogen and oxygen atoms in total. The predicted molar refractivity (Wildman–Crippen MR) is 92.1 cm³/mol. The summed E-state index contributed by atoms with van der Waals surface area (Å²) in [7, 11) is 4.03. The lowest BCUT2D eigenvalue weighted by atomic mass is 11.3. The molecule has 0 atom stereocenters. The predicted octanol–water partition coefficient (Wildman–Crippen LogP) is -1.06. The third kappa shape index (κ3) is 6.48. The largest absolute Gasteiger partial charge is 0.682 e. The van der Waals surface area contributed by atoms with Crippen LogP contribution in [0.5, 0.6) is 0 Å². The molecular weight excluding hydrogens is 424 g/mol. The van der Waals surface area contributed by atoms with Gasteiger partial charge in [0.25, 0.3) is 0 Å². The van der Waals surface area contributed by atoms with Gasteiger partial charge < -0.3 is 53.1 Å². The van der Waals surface area contributed by atoms with E-state index in [0.717, 1.165) is 0 Å². The molecule has 16 heteroatoms. The molecule has 0 bridgehead atoms. The standard InChI is InChI=1S/C10H27O12Si4/c1-11-24(12-2,13-3)20-10(23,21-25(14-4,15-5)16-6)22-26(17-7,18-8)19-9/h1-9H3. The van der Waals surface area contributed by atoms with Crippen LogP contribution >= 0.6 is 0 Å². The van der Waals surface area contributed by atoms with E-state index in [1.807, 2.05) is 0 Å². The fourth-order valence-corrected chi connectivity index (χ4v) is 6.54. The highest BCUT2D eigenvalue weighted by Gasteiger charge is 2.61. The molecule has 0 aliphatic rings. The molecule has 3 radical (unpaired) electrons. The molecule has 0 aromatic heterocycles. The quantitative estimate of drug-likeness (QED) is 0.223. The van der Waals surface area contributed by atoms with Crippen molar-refractivity contribution in [1.29, 1.82) is 0 Å². The van der Waals surface area contributed by atoms with Gasteiger partial charge in [-0.1, -0.05) is 0 Å². The van der Waals surface area contributed by atoms with Crippen LogP contribution in [-0.2, 0) is 53.1 Å². The summed E-state index contributed by atoms with van der Waals surface area (Å²) in [5, 5.41) is 0. The topological polar surface area (TPSA) is 111 Å². The summed E-state index contributed by atoms with van der Waals surface area (Å²) in [6, 6.07) is 0. The maximum atomic E-state index is 5.73. The van der Waals surface area contributed by atoms with Crippen LogP contribution in [0.1, 0.15) is 0 Å². The van der Waals surface area contributed by atoms with Crippen molar-refractivity contribution in [2.24, 2.45) is 0 Å².